The Labute approximate surface area is 316 Å². The maximum Gasteiger partial charge on any atom is 0.460 e. The summed E-state index contributed by atoms with van der Waals surface area (Å²) >= 11 is 0. The zero-order valence-electron chi connectivity index (χ0n) is 30.2. The van der Waals surface area contributed by atoms with Crippen LogP contribution in [0.25, 0.3) is 0 Å². The zero-order valence-corrected chi connectivity index (χ0v) is 31.1. The molecule has 1 saturated heterocycles. The molecule has 6 atom stereocenters. The Morgan fingerprint density at radius 1 is 0.754 bits per heavy atom. The van der Waals surface area contributed by atoms with Crippen LogP contribution < -0.4 is 4.18 Å². The summed E-state index contributed by atoms with van der Waals surface area (Å²) in [6.07, 6.45) is -15.3. The highest BCUT2D eigenvalue weighted by Gasteiger charge is 2.86. The van der Waals surface area contributed by atoms with Crippen molar-refractivity contribution in [1.82, 2.24) is 0 Å². The molecule has 1 spiro atoms. The van der Waals surface area contributed by atoms with E-state index in [2.05, 4.69) is 4.18 Å². The number of hydrogen-bond donors (Lipinski definition) is 2. The third-order valence-corrected chi connectivity index (χ3v) is 14.1. The van der Waals surface area contributed by atoms with Crippen LogP contribution in [0.5, 0.6) is 5.75 Å². The summed E-state index contributed by atoms with van der Waals surface area (Å²) in [4.78, 5) is 0. The van der Waals surface area contributed by atoms with Gasteiger partial charge in [-0.3, -0.25) is 0 Å². The molecule has 0 aromatic heterocycles. The Kier molecular flexibility index (Phi) is 9.91. The molecular formula is C35H38F14O7S. The standard InChI is InChI=1S/C35H38F14O7S/c1-25(2)16-54-28(55-17-25)12-9-23-24-20(8-11-27(23,50)15-28)22-10-13-29(51,30(36,37)33(42,43)44)26(22,3)14-21(24)18-4-6-19(7-5-18)56-57(52,53)35(48,49)32(40,41)31(38,39)34(45,46)47/h4-7,20-22,50-51H,8-17H2,1-3H3/t20?,21-,22?,26+,27-,29+/m1/s1. The van der Waals surface area contributed by atoms with E-state index in [0.717, 1.165) is 19.1 Å². The van der Waals surface area contributed by atoms with Gasteiger partial charge in [-0.25, -0.2) is 0 Å². The molecule has 324 valence electrons. The summed E-state index contributed by atoms with van der Waals surface area (Å²) in [6.45, 7) is 5.40. The van der Waals surface area contributed by atoms with Crippen molar-refractivity contribution in [3.8, 4) is 5.75 Å². The molecule has 5 aliphatic rings. The molecule has 0 amide bonds. The maximum absolute atomic E-state index is 15.4. The van der Waals surface area contributed by atoms with E-state index in [0.29, 0.717) is 23.3 Å². The molecular weight excluding hydrogens is 830 g/mol. The smallest absolute Gasteiger partial charge is 0.385 e. The van der Waals surface area contributed by atoms with Crippen LogP contribution in [0.2, 0.25) is 0 Å². The molecule has 4 fully saturated rings. The third kappa shape index (κ3) is 6.28. The van der Waals surface area contributed by atoms with Gasteiger partial charge in [-0.05, 0) is 73.6 Å². The summed E-state index contributed by atoms with van der Waals surface area (Å²) in [5, 5.41) is 16.5. The van der Waals surface area contributed by atoms with Crippen LogP contribution in [-0.4, -0.2) is 84.2 Å². The Bertz CT molecular complexity index is 1890. The first kappa shape index (κ1) is 44.1. The second-order valence-electron chi connectivity index (χ2n) is 17.0. The predicted octanol–water partition coefficient (Wildman–Crippen LogP) is 9.04. The largest absolute Gasteiger partial charge is 0.460 e. The molecule has 57 heavy (non-hydrogen) atoms. The first-order chi connectivity index (χ1) is 25.6. The van der Waals surface area contributed by atoms with E-state index in [9.17, 15) is 71.3 Å². The Balaban J connectivity index is 1.41. The van der Waals surface area contributed by atoms with E-state index < -0.39 is 104 Å². The fourth-order valence-corrected chi connectivity index (χ4v) is 10.7. The third-order valence-electron chi connectivity index (χ3n) is 12.8. The molecule has 4 aliphatic carbocycles. The molecule has 1 heterocycles. The van der Waals surface area contributed by atoms with Gasteiger partial charge >= 0.3 is 45.5 Å². The highest BCUT2D eigenvalue weighted by molar-refractivity contribution is 7.88. The van der Waals surface area contributed by atoms with Crippen molar-refractivity contribution in [2.75, 3.05) is 13.2 Å². The lowest BCUT2D eigenvalue weighted by molar-refractivity contribution is -0.382. The molecule has 2 N–H and O–H groups in total. The minimum Gasteiger partial charge on any atom is -0.385 e. The van der Waals surface area contributed by atoms with Gasteiger partial charge in [-0.15, -0.1) is 0 Å². The Hall–Kier alpha value is -2.43. The van der Waals surface area contributed by atoms with Gasteiger partial charge in [-0.2, -0.15) is 69.9 Å². The van der Waals surface area contributed by atoms with Crippen LogP contribution in [-0.2, 0) is 19.6 Å². The second kappa shape index (κ2) is 12.8. The van der Waals surface area contributed by atoms with Crippen molar-refractivity contribution in [3.05, 3.63) is 41.0 Å². The average molecular weight is 869 g/mol. The monoisotopic (exact) mass is 868 g/mol. The Morgan fingerprint density at radius 3 is 1.84 bits per heavy atom. The number of benzene rings is 1. The quantitative estimate of drug-likeness (QED) is 0.160. The summed E-state index contributed by atoms with van der Waals surface area (Å²) in [6, 6.07) is 2.74. The average Bonchev–Trinajstić information content (AvgIpc) is 3.35. The van der Waals surface area contributed by atoms with Crippen molar-refractivity contribution < 1.29 is 93.8 Å². The number of fused-ring (bicyclic) bond motifs is 4. The highest BCUT2D eigenvalue weighted by Crippen LogP contribution is 2.71. The van der Waals surface area contributed by atoms with Crippen molar-refractivity contribution in [1.29, 1.82) is 0 Å². The molecule has 6 rings (SSSR count). The molecule has 22 heteroatoms. The van der Waals surface area contributed by atoms with E-state index in [-0.39, 0.29) is 62.7 Å². The van der Waals surface area contributed by atoms with Gasteiger partial charge in [0.15, 0.2) is 5.79 Å². The van der Waals surface area contributed by atoms with Crippen LogP contribution in [0.4, 0.5) is 61.5 Å². The van der Waals surface area contributed by atoms with Crippen LogP contribution in [0.3, 0.4) is 0 Å². The SMILES string of the molecule is CC1(C)COC2(CCC3=C4C(CC[C@@]3(O)C2)C2CC[C@@](O)(C(F)(F)C(F)(F)F)[C@@]2(C)C[C@@H]4c2ccc(OS(=O)(=O)C(F)(F)C(F)(F)C(F)(F)C(F)(F)F)cc2)OC1. The molecule has 1 aliphatic heterocycles. The van der Waals surface area contributed by atoms with E-state index in [1.54, 1.807) is 0 Å². The van der Waals surface area contributed by atoms with Crippen LogP contribution in [0.15, 0.2) is 35.4 Å². The zero-order chi connectivity index (χ0) is 43.1. The molecule has 3 saturated carbocycles. The van der Waals surface area contributed by atoms with Gasteiger partial charge in [0, 0.05) is 29.6 Å². The van der Waals surface area contributed by atoms with Crippen LogP contribution in [0, 0.1) is 22.7 Å². The summed E-state index contributed by atoms with van der Waals surface area (Å²) < 4.78 is 234. The van der Waals surface area contributed by atoms with Crippen molar-refractivity contribution in [3.63, 3.8) is 0 Å². The normalized spacial score (nSPS) is 33.8. The number of aliphatic hydroxyl groups is 2. The fourth-order valence-electron chi connectivity index (χ4n) is 9.76. The van der Waals surface area contributed by atoms with Gasteiger partial charge < -0.3 is 23.9 Å². The number of hydrogen-bond acceptors (Lipinski definition) is 7. The minimum absolute atomic E-state index is 0.0153. The van der Waals surface area contributed by atoms with Gasteiger partial charge in [0.1, 0.15) is 11.4 Å². The topological polar surface area (TPSA) is 102 Å². The molecule has 1 aromatic rings. The highest BCUT2D eigenvalue weighted by atomic mass is 32.2. The summed E-state index contributed by atoms with van der Waals surface area (Å²) in [7, 11) is -7.34. The molecule has 2 unspecified atom stereocenters. The molecule has 0 radical (unpaired) electrons. The van der Waals surface area contributed by atoms with Crippen molar-refractivity contribution in [2.45, 2.75) is 130 Å². The lowest BCUT2D eigenvalue weighted by Gasteiger charge is -2.59. The van der Waals surface area contributed by atoms with Gasteiger partial charge in [0.05, 0.1) is 18.8 Å². The van der Waals surface area contributed by atoms with E-state index in [4.69, 9.17) is 9.47 Å². The van der Waals surface area contributed by atoms with Crippen molar-refractivity contribution in [2.24, 2.45) is 22.7 Å². The Morgan fingerprint density at radius 2 is 1.32 bits per heavy atom. The van der Waals surface area contributed by atoms with E-state index in [1.165, 1.54) is 0 Å². The van der Waals surface area contributed by atoms with Gasteiger partial charge in [-0.1, -0.05) is 38.5 Å². The van der Waals surface area contributed by atoms with E-state index >= 15 is 8.78 Å². The maximum atomic E-state index is 15.4. The number of allylic oxidation sites excluding steroid dienone is 1. The first-order valence-corrected chi connectivity index (χ1v) is 19.1. The van der Waals surface area contributed by atoms with Gasteiger partial charge in [0.2, 0.25) is 0 Å². The first-order valence-electron chi connectivity index (χ1n) is 17.7. The number of alkyl halides is 14. The number of ether oxygens (including phenoxy) is 2. The van der Waals surface area contributed by atoms with Crippen molar-refractivity contribution >= 4 is 10.1 Å². The van der Waals surface area contributed by atoms with Crippen LogP contribution >= 0.6 is 0 Å². The fraction of sp³-hybridized carbons (Fsp3) is 0.771. The lowest BCUT2D eigenvalue weighted by atomic mass is 9.49. The minimum atomic E-state index is -7.58. The van der Waals surface area contributed by atoms with Crippen LogP contribution in [0.1, 0.15) is 83.6 Å². The van der Waals surface area contributed by atoms with E-state index in [1.807, 2.05) is 13.8 Å². The second-order valence-corrected chi connectivity index (χ2v) is 18.5. The molecule has 0 bridgehead atoms. The molecule has 7 nitrogen and oxygen atoms in total. The lowest BCUT2D eigenvalue weighted by Crippen LogP contribution is -2.65. The number of halogens is 14. The summed E-state index contributed by atoms with van der Waals surface area (Å²) in [5.74, 6) is -26.4. The summed E-state index contributed by atoms with van der Waals surface area (Å²) in [5.41, 5.74) is -7.15. The van der Waals surface area contributed by atoms with Gasteiger partial charge in [0.25, 0.3) is 0 Å². The predicted molar refractivity (Wildman–Crippen MR) is 168 cm³/mol. The molecule has 1 aromatic carbocycles. The number of rotatable bonds is 7.